The minimum absolute atomic E-state index is 0.0201. The van der Waals surface area contributed by atoms with Gasteiger partial charge in [0.25, 0.3) is 11.8 Å². The second-order valence-electron chi connectivity index (χ2n) is 14.0. The number of hydrogen-bond acceptors (Lipinski definition) is 11. The molecule has 3 fully saturated rings. The van der Waals surface area contributed by atoms with Crippen molar-refractivity contribution in [1.82, 2.24) is 4.90 Å². The van der Waals surface area contributed by atoms with Gasteiger partial charge >= 0.3 is 0 Å². The van der Waals surface area contributed by atoms with Crippen LogP contribution >= 0.6 is 0 Å². The number of fused-ring (bicyclic) bond motifs is 2. The molecule has 0 radical (unpaired) electrons. The van der Waals surface area contributed by atoms with Gasteiger partial charge < -0.3 is 55.3 Å². The Morgan fingerprint density at radius 3 is 2.47 bits per heavy atom. The van der Waals surface area contributed by atoms with Crippen molar-refractivity contribution in [2.45, 2.75) is 93.3 Å². The molecule has 10 atom stereocenters. The van der Waals surface area contributed by atoms with Crippen LogP contribution in [-0.4, -0.2) is 119 Å². The van der Waals surface area contributed by atoms with Crippen molar-refractivity contribution < 1.29 is 54.1 Å². The van der Waals surface area contributed by atoms with E-state index in [0.717, 1.165) is 18.0 Å². The Balaban J connectivity index is 1.35. The second-order valence-corrected chi connectivity index (χ2v) is 18.7. The summed E-state index contributed by atoms with van der Waals surface area (Å²) in [7, 11) is -0.936. The highest BCUT2D eigenvalue weighted by molar-refractivity contribution is 6.91. The second kappa shape index (κ2) is 13.4. The first kappa shape index (κ1) is 35.4. The van der Waals surface area contributed by atoms with Gasteiger partial charge in [0.2, 0.25) is 5.91 Å². The Morgan fingerprint density at radius 2 is 1.80 bits per heavy atom. The molecule has 2 aromatic carbocycles. The lowest BCUT2D eigenvalue weighted by atomic mass is 9.82. The molecule has 266 valence electrons. The fourth-order valence-corrected chi connectivity index (χ4v) is 12.4. The van der Waals surface area contributed by atoms with Crippen molar-refractivity contribution in [2.75, 3.05) is 30.9 Å². The van der Waals surface area contributed by atoms with E-state index < -0.39 is 68.2 Å². The van der Waals surface area contributed by atoms with Gasteiger partial charge in [-0.1, -0.05) is 37.3 Å². The molecule has 14 nitrogen and oxygen atoms in total. The molecule has 4 aliphatic rings. The number of amides is 3. The van der Waals surface area contributed by atoms with Crippen LogP contribution in [0.3, 0.4) is 0 Å². The summed E-state index contributed by atoms with van der Waals surface area (Å²) >= 11 is 0. The third-order valence-corrected chi connectivity index (χ3v) is 15.3. The molecule has 0 bridgehead atoms. The zero-order chi connectivity index (χ0) is 35.4. The molecule has 4 heterocycles. The van der Waals surface area contributed by atoms with Gasteiger partial charge in [-0.15, -0.1) is 0 Å². The van der Waals surface area contributed by atoms with E-state index in [2.05, 4.69) is 23.7 Å². The first-order valence-electron chi connectivity index (χ1n) is 16.6. The highest BCUT2D eigenvalue weighted by Gasteiger charge is 2.65. The largest absolute Gasteiger partial charge is 0.497 e. The number of likely N-dealkylation sites (tertiary alicyclic amines) is 1. The summed E-state index contributed by atoms with van der Waals surface area (Å²) in [6.45, 7) is 6.77. The van der Waals surface area contributed by atoms with Gasteiger partial charge in [-0.25, -0.2) is 0 Å². The summed E-state index contributed by atoms with van der Waals surface area (Å²) in [5, 5.41) is 56.8. The standard InChI is InChI=1S/C34H45N3O11Si/c1-17-30(49(3,4)21-10-8-20(46-2)9-11-21)24(15-25(39)37-13-5-6-19(37)16-38)48-34(17)22-14-18(7-12-23(22)36-33(34)45)35-31(43)29-27(41)26(40)28(42)32(44)47-29/h7-12,14,17,19,24,26-30,32,38,40-42,44H,5-6,13,15-16H2,1-4H3,(H,35,43)(H,36,45)/t17-,19+,24+,26+,27+,28-,29+,30-,32-,34+/m1/s1. The Bertz CT molecular complexity index is 1590. The average molecular weight is 700 g/mol. The predicted molar refractivity (Wildman–Crippen MR) is 179 cm³/mol. The van der Waals surface area contributed by atoms with E-state index in [1.165, 1.54) is 0 Å². The SMILES string of the molecule is COc1ccc([Si](C)(C)[C@H]2[C@H](CC(=O)N3CCC[C@H]3CO)O[C@@]3(C(=O)Nc4ccc(NC(=O)[C@H]5O[C@@H](O)[C@H](O)[C@@H](O)[C@@H]5O)cc43)[C@@H]2C)cc1. The van der Waals surface area contributed by atoms with Crippen LogP contribution in [-0.2, 0) is 29.5 Å². The van der Waals surface area contributed by atoms with Crippen molar-refractivity contribution in [3.63, 3.8) is 0 Å². The predicted octanol–water partition coefficient (Wildman–Crippen LogP) is -0.0249. The summed E-state index contributed by atoms with van der Waals surface area (Å²) in [6.07, 6.45) is -8.13. The van der Waals surface area contributed by atoms with Crippen LogP contribution in [0.4, 0.5) is 11.4 Å². The van der Waals surface area contributed by atoms with E-state index in [1.54, 1.807) is 30.2 Å². The molecule has 2 aromatic rings. The normalized spacial score (nSPS) is 34.2. The number of carbonyl (C=O) groups is 3. The number of hydrogen-bond donors (Lipinski definition) is 7. The number of ether oxygens (including phenoxy) is 3. The van der Waals surface area contributed by atoms with Crippen molar-refractivity contribution >= 4 is 42.4 Å². The van der Waals surface area contributed by atoms with E-state index in [9.17, 15) is 39.9 Å². The highest BCUT2D eigenvalue weighted by Crippen LogP contribution is 2.59. The number of aliphatic hydroxyl groups is 5. The maximum atomic E-state index is 14.1. The maximum Gasteiger partial charge on any atom is 0.261 e. The van der Waals surface area contributed by atoms with Gasteiger partial charge in [0.1, 0.15) is 24.1 Å². The van der Waals surface area contributed by atoms with E-state index in [0.29, 0.717) is 23.5 Å². The zero-order valence-corrected chi connectivity index (χ0v) is 28.9. The lowest BCUT2D eigenvalue weighted by Crippen LogP contribution is -2.60. The highest BCUT2D eigenvalue weighted by atomic mass is 28.3. The third kappa shape index (κ3) is 5.95. The van der Waals surface area contributed by atoms with Crippen molar-refractivity contribution in [2.24, 2.45) is 5.92 Å². The van der Waals surface area contributed by atoms with Crippen LogP contribution in [0.25, 0.3) is 0 Å². The molecule has 0 unspecified atom stereocenters. The molecule has 0 aliphatic carbocycles. The van der Waals surface area contributed by atoms with Gasteiger partial charge in [-0.05, 0) is 48.7 Å². The molecular formula is C34H45N3O11Si. The lowest BCUT2D eigenvalue weighted by Gasteiger charge is -2.37. The van der Waals surface area contributed by atoms with E-state index in [-0.39, 0.29) is 36.2 Å². The van der Waals surface area contributed by atoms with Gasteiger partial charge in [0.15, 0.2) is 18.0 Å². The van der Waals surface area contributed by atoms with Gasteiger partial charge in [-0.2, -0.15) is 0 Å². The summed E-state index contributed by atoms with van der Waals surface area (Å²) in [4.78, 5) is 42.8. The van der Waals surface area contributed by atoms with Crippen molar-refractivity contribution in [3.05, 3.63) is 48.0 Å². The Kier molecular flexibility index (Phi) is 9.67. The zero-order valence-electron chi connectivity index (χ0n) is 27.9. The summed E-state index contributed by atoms with van der Waals surface area (Å²) in [5.74, 6) is -1.14. The van der Waals surface area contributed by atoms with E-state index in [4.69, 9.17) is 14.2 Å². The van der Waals surface area contributed by atoms with Crippen LogP contribution < -0.4 is 20.6 Å². The quantitative estimate of drug-likeness (QED) is 0.182. The Hall–Kier alpha value is -3.41. The molecule has 3 saturated heterocycles. The molecule has 7 N–H and O–H groups in total. The topological polar surface area (TPSA) is 207 Å². The van der Waals surface area contributed by atoms with Crippen LogP contribution in [0.1, 0.15) is 31.7 Å². The number of carbonyl (C=O) groups excluding carboxylic acids is 3. The van der Waals surface area contributed by atoms with Crippen LogP contribution in [0.2, 0.25) is 18.6 Å². The summed E-state index contributed by atoms with van der Waals surface area (Å²) in [5.41, 5.74) is -0.562. The average Bonchev–Trinajstić information content (AvgIpc) is 3.76. The molecule has 15 heteroatoms. The number of nitrogens with zero attached hydrogens (tertiary/aromatic N) is 1. The van der Waals surface area contributed by atoms with E-state index >= 15 is 0 Å². The molecule has 1 spiro atoms. The monoisotopic (exact) mass is 699 g/mol. The first-order chi connectivity index (χ1) is 23.2. The molecule has 49 heavy (non-hydrogen) atoms. The van der Waals surface area contributed by atoms with Crippen molar-refractivity contribution in [3.8, 4) is 5.75 Å². The minimum Gasteiger partial charge on any atom is -0.497 e. The molecule has 3 amide bonds. The fraction of sp³-hybridized carbons (Fsp3) is 0.559. The maximum absolute atomic E-state index is 14.1. The molecule has 0 aromatic heterocycles. The summed E-state index contributed by atoms with van der Waals surface area (Å²) in [6, 6.07) is 12.3. The third-order valence-electron chi connectivity index (χ3n) is 11.0. The number of anilines is 2. The van der Waals surface area contributed by atoms with Crippen LogP contribution in [0, 0.1) is 5.92 Å². The number of nitrogens with one attached hydrogen (secondary N) is 2. The Morgan fingerprint density at radius 1 is 1.08 bits per heavy atom. The lowest BCUT2D eigenvalue weighted by molar-refractivity contribution is -0.274. The summed E-state index contributed by atoms with van der Waals surface area (Å²) < 4.78 is 17.4. The number of aliphatic hydroxyl groups excluding tert-OH is 5. The van der Waals surface area contributed by atoms with Gasteiger partial charge in [-0.3, -0.25) is 14.4 Å². The van der Waals surface area contributed by atoms with Crippen LogP contribution in [0.15, 0.2) is 42.5 Å². The number of rotatable bonds is 8. The first-order valence-corrected chi connectivity index (χ1v) is 19.7. The molecular weight excluding hydrogens is 654 g/mol. The van der Waals surface area contributed by atoms with Crippen molar-refractivity contribution in [1.29, 1.82) is 0 Å². The fourth-order valence-electron chi connectivity index (χ4n) is 8.34. The Labute approximate surface area is 285 Å². The number of benzene rings is 2. The number of methoxy groups -OCH3 is 1. The minimum atomic E-state index is -2.54. The van der Waals surface area contributed by atoms with Crippen LogP contribution in [0.5, 0.6) is 5.75 Å². The van der Waals surface area contributed by atoms with Gasteiger partial charge in [0, 0.05) is 29.4 Å². The molecule has 4 aliphatic heterocycles. The molecule has 0 saturated carbocycles. The van der Waals surface area contributed by atoms with Gasteiger partial charge in [0.05, 0.1) is 40.4 Å². The smallest absolute Gasteiger partial charge is 0.261 e. The molecule has 6 rings (SSSR count). The van der Waals surface area contributed by atoms with E-state index in [1.807, 2.05) is 31.2 Å².